The number of carbonyl (C=O) groups is 2. The number of hydrogen-bond donors (Lipinski definition) is 1. The van der Waals surface area contributed by atoms with Gasteiger partial charge in [0.05, 0.1) is 37.2 Å². The van der Waals surface area contributed by atoms with Crippen LogP contribution in [0.25, 0.3) is 5.69 Å². The van der Waals surface area contributed by atoms with Gasteiger partial charge in [0.15, 0.2) is 5.69 Å². The number of methoxy groups -OCH3 is 1. The molecule has 0 atom stereocenters. The van der Waals surface area contributed by atoms with Crippen molar-refractivity contribution in [2.75, 3.05) is 13.7 Å². The lowest BCUT2D eigenvalue weighted by Gasteiger charge is -2.09. The molecule has 3 rings (SSSR count). The van der Waals surface area contributed by atoms with Gasteiger partial charge in [0.25, 0.3) is 5.91 Å². The maximum Gasteiger partial charge on any atom is 0.358 e. The molecule has 7 heteroatoms. The van der Waals surface area contributed by atoms with E-state index in [2.05, 4.69) is 10.3 Å². The Hall–Kier alpha value is -2.83. The van der Waals surface area contributed by atoms with Gasteiger partial charge in [0.1, 0.15) is 12.1 Å². The maximum absolute atomic E-state index is 12.2. The van der Waals surface area contributed by atoms with Crippen LogP contribution in [0.5, 0.6) is 5.75 Å². The van der Waals surface area contributed by atoms with Gasteiger partial charge in [-0.05, 0) is 25.1 Å². The van der Waals surface area contributed by atoms with Crippen LogP contribution >= 0.6 is 0 Å². The fourth-order valence-electron chi connectivity index (χ4n) is 2.41. The molecule has 1 N–H and O–H groups in total. The number of nitrogens with one attached hydrogen (secondary N) is 1. The standard InChI is InChI=1S/C15H15N3O4/c1-3-22-15(20)13-12-7-16-14(19)10-6-9(21-2)4-5-11(10)18(12)8-17-13/h4-6,8H,3,7H2,1-2H3,(H,16,19). The van der Waals surface area contributed by atoms with Gasteiger partial charge in [-0.3, -0.25) is 9.36 Å². The van der Waals surface area contributed by atoms with Gasteiger partial charge in [-0.1, -0.05) is 0 Å². The van der Waals surface area contributed by atoms with E-state index >= 15 is 0 Å². The zero-order valence-electron chi connectivity index (χ0n) is 12.3. The van der Waals surface area contributed by atoms with E-state index in [4.69, 9.17) is 9.47 Å². The third-order valence-corrected chi connectivity index (χ3v) is 3.46. The summed E-state index contributed by atoms with van der Waals surface area (Å²) in [6.45, 7) is 2.20. The van der Waals surface area contributed by atoms with Crippen LogP contribution in [0.3, 0.4) is 0 Å². The Kier molecular flexibility index (Phi) is 3.54. The van der Waals surface area contributed by atoms with E-state index in [1.807, 2.05) is 0 Å². The molecular weight excluding hydrogens is 286 g/mol. The van der Waals surface area contributed by atoms with Gasteiger partial charge >= 0.3 is 5.97 Å². The molecule has 1 aliphatic heterocycles. The highest BCUT2D eigenvalue weighted by atomic mass is 16.5. The molecule has 2 aromatic rings. The Morgan fingerprint density at radius 3 is 3.00 bits per heavy atom. The molecule has 0 fully saturated rings. The lowest BCUT2D eigenvalue weighted by atomic mass is 10.1. The average Bonchev–Trinajstić information content (AvgIpc) is 2.90. The van der Waals surface area contributed by atoms with Gasteiger partial charge in [-0.2, -0.15) is 0 Å². The molecule has 0 aliphatic carbocycles. The molecule has 0 saturated heterocycles. The normalized spacial score (nSPS) is 12.7. The van der Waals surface area contributed by atoms with Gasteiger partial charge < -0.3 is 14.8 Å². The van der Waals surface area contributed by atoms with Crippen molar-refractivity contribution in [2.24, 2.45) is 0 Å². The van der Waals surface area contributed by atoms with Gasteiger partial charge in [0, 0.05) is 0 Å². The topological polar surface area (TPSA) is 82.5 Å². The fraction of sp³-hybridized carbons (Fsp3) is 0.267. The predicted octanol–water partition coefficient (Wildman–Crippen LogP) is 1.30. The first kappa shape index (κ1) is 14.1. The minimum Gasteiger partial charge on any atom is -0.497 e. The lowest BCUT2D eigenvalue weighted by Crippen LogP contribution is -2.22. The first-order chi connectivity index (χ1) is 10.7. The number of amides is 1. The molecule has 0 spiro atoms. The number of aromatic nitrogens is 2. The molecule has 7 nitrogen and oxygen atoms in total. The van der Waals surface area contributed by atoms with E-state index in [1.54, 1.807) is 29.7 Å². The zero-order chi connectivity index (χ0) is 15.7. The van der Waals surface area contributed by atoms with Crippen molar-refractivity contribution in [1.82, 2.24) is 14.9 Å². The van der Waals surface area contributed by atoms with E-state index in [0.717, 1.165) is 0 Å². The summed E-state index contributed by atoms with van der Waals surface area (Å²) in [5.74, 6) is -0.141. The summed E-state index contributed by atoms with van der Waals surface area (Å²) in [7, 11) is 1.54. The highest BCUT2D eigenvalue weighted by Crippen LogP contribution is 2.26. The molecule has 1 aromatic carbocycles. The Morgan fingerprint density at radius 1 is 1.45 bits per heavy atom. The Labute approximate surface area is 126 Å². The van der Waals surface area contributed by atoms with Crippen molar-refractivity contribution in [3.05, 3.63) is 41.5 Å². The number of fused-ring (bicyclic) bond motifs is 3. The highest BCUT2D eigenvalue weighted by Gasteiger charge is 2.26. The molecule has 0 unspecified atom stereocenters. The average molecular weight is 301 g/mol. The van der Waals surface area contributed by atoms with E-state index < -0.39 is 5.97 Å². The van der Waals surface area contributed by atoms with Gasteiger partial charge in [-0.25, -0.2) is 9.78 Å². The van der Waals surface area contributed by atoms with Crippen LogP contribution in [0.4, 0.5) is 0 Å². The molecule has 2 heterocycles. The smallest absolute Gasteiger partial charge is 0.358 e. The highest BCUT2D eigenvalue weighted by molar-refractivity contribution is 5.99. The number of hydrogen-bond acceptors (Lipinski definition) is 5. The van der Waals surface area contributed by atoms with Crippen LogP contribution in [0.2, 0.25) is 0 Å². The summed E-state index contributed by atoms with van der Waals surface area (Å²) in [5.41, 5.74) is 1.92. The second kappa shape index (κ2) is 5.51. The number of ether oxygens (including phenoxy) is 2. The molecule has 1 amide bonds. The Morgan fingerprint density at radius 2 is 2.27 bits per heavy atom. The lowest BCUT2D eigenvalue weighted by molar-refractivity contribution is 0.0518. The third kappa shape index (κ3) is 2.20. The minimum absolute atomic E-state index is 0.198. The number of esters is 1. The molecule has 114 valence electrons. The van der Waals surface area contributed by atoms with Crippen molar-refractivity contribution >= 4 is 11.9 Å². The largest absolute Gasteiger partial charge is 0.497 e. The summed E-state index contributed by atoms with van der Waals surface area (Å²) in [4.78, 5) is 28.3. The second-order valence-electron chi connectivity index (χ2n) is 4.70. The van der Waals surface area contributed by atoms with Crippen LogP contribution in [-0.4, -0.2) is 35.1 Å². The maximum atomic E-state index is 12.2. The Bertz CT molecular complexity index is 751. The minimum atomic E-state index is -0.498. The molecule has 1 aliphatic rings. The summed E-state index contributed by atoms with van der Waals surface area (Å²) >= 11 is 0. The Balaban J connectivity index is 2.13. The number of imidazole rings is 1. The molecule has 22 heavy (non-hydrogen) atoms. The van der Waals surface area contributed by atoms with Crippen LogP contribution < -0.4 is 10.1 Å². The zero-order valence-corrected chi connectivity index (χ0v) is 12.3. The van der Waals surface area contributed by atoms with E-state index in [0.29, 0.717) is 22.7 Å². The summed E-state index contributed by atoms with van der Waals surface area (Å²) in [6, 6.07) is 5.17. The number of rotatable bonds is 3. The van der Waals surface area contributed by atoms with Crippen molar-refractivity contribution in [1.29, 1.82) is 0 Å². The van der Waals surface area contributed by atoms with Gasteiger partial charge in [-0.15, -0.1) is 0 Å². The molecule has 0 radical (unpaired) electrons. The van der Waals surface area contributed by atoms with Crippen LogP contribution in [0.1, 0.15) is 33.5 Å². The summed E-state index contributed by atoms with van der Waals surface area (Å²) in [5, 5.41) is 2.77. The van der Waals surface area contributed by atoms with Crippen molar-refractivity contribution in [3.8, 4) is 11.4 Å². The van der Waals surface area contributed by atoms with Crippen LogP contribution in [-0.2, 0) is 11.3 Å². The predicted molar refractivity (Wildman–Crippen MR) is 77.2 cm³/mol. The van der Waals surface area contributed by atoms with E-state index in [-0.39, 0.29) is 24.8 Å². The molecule has 0 bridgehead atoms. The van der Waals surface area contributed by atoms with Crippen LogP contribution in [0, 0.1) is 0 Å². The molecule has 1 aromatic heterocycles. The first-order valence-electron chi connectivity index (χ1n) is 6.85. The monoisotopic (exact) mass is 301 g/mol. The van der Waals surface area contributed by atoms with E-state index in [9.17, 15) is 9.59 Å². The SMILES string of the molecule is CCOC(=O)c1ncn2c1CNC(=O)c1cc(OC)ccc1-2. The number of benzene rings is 1. The fourth-order valence-corrected chi connectivity index (χ4v) is 2.41. The van der Waals surface area contributed by atoms with Crippen molar-refractivity contribution in [2.45, 2.75) is 13.5 Å². The molecule has 0 saturated carbocycles. The molecular formula is C15H15N3O4. The quantitative estimate of drug-likeness (QED) is 0.864. The van der Waals surface area contributed by atoms with Gasteiger partial charge in [0.2, 0.25) is 0 Å². The summed E-state index contributed by atoms with van der Waals surface area (Å²) < 4.78 is 11.9. The first-order valence-corrected chi connectivity index (χ1v) is 6.85. The van der Waals surface area contributed by atoms with Crippen LogP contribution in [0.15, 0.2) is 24.5 Å². The van der Waals surface area contributed by atoms with E-state index in [1.165, 1.54) is 13.4 Å². The van der Waals surface area contributed by atoms with Crippen molar-refractivity contribution in [3.63, 3.8) is 0 Å². The third-order valence-electron chi connectivity index (χ3n) is 3.46. The number of nitrogens with zero attached hydrogens (tertiary/aromatic N) is 2. The summed E-state index contributed by atoms with van der Waals surface area (Å²) in [6.07, 6.45) is 1.52. The second-order valence-corrected chi connectivity index (χ2v) is 4.70. The van der Waals surface area contributed by atoms with Crippen molar-refractivity contribution < 1.29 is 19.1 Å². The number of carbonyl (C=O) groups excluding carboxylic acids is 2.